The van der Waals surface area contributed by atoms with Crippen LogP contribution >= 0.6 is 0 Å². The number of aromatic nitrogens is 2. The van der Waals surface area contributed by atoms with Crippen LogP contribution in [0.2, 0.25) is 0 Å². The fourth-order valence-corrected chi connectivity index (χ4v) is 2.47. The smallest absolute Gasteiger partial charge is 0.269 e. The molecule has 1 heterocycles. The van der Waals surface area contributed by atoms with Gasteiger partial charge in [0.2, 0.25) is 5.95 Å². The van der Waals surface area contributed by atoms with E-state index in [0.29, 0.717) is 28.6 Å². The highest BCUT2D eigenvalue weighted by Gasteiger charge is 2.11. The number of hydrogen-bond donors (Lipinski definition) is 2. The molecule has 3 rings (SSSR count). The van der Waals surface area contributed by atoms with E-state index in [0.717, 1.165) is 0 Å². The summed E-state index contributed by atoms with van der Waals surface area (Å²) in [6, 6.07) is 15.3. The van der Waals surface area contributed by atoms with Crippen LogP contribution in [0.4, 0.5) is 5.95 Å². The fourth-order valence-electron chi connectivity index (χ4n) is 2.47. The van der Waals surface area contributed by atoms with E-state index < -0.39 is 5.91 Å². The van der Waals surface area contributed by atoms with Crippen molar-refractivity contribution < 1.29 is 4.79 Å². The van der Waals surface area contributed by atoms with Crippen molar-refractivity contribution in [2.75, 3.05) is 5.43 Å². The number of nitrogens with zero attached hydrogens (tertiary/aromatic N) is 3. The molecule has 124 valence electrons. The number of nitriles is 1. The molecule has 2 aromatic carbocycles. The summed E-state index contributed by atoms with van der Waals surface area (Å²) in [7, 11) is 0. The van der Waals surface area contributed by atoms with Gasteiger partial charge < -0.3 is 0 Å². The van der Waals surface area contributed by atoms with Gasteiger partial charge in [-0.1, -0.05) is 18.2 Å². The molecule has 3 aromatic rings. The Hall–Kier alpha value is -3.66. The average Bonchev–Trinajstić information content (AvgIpc) is 2.66. The molecule has 0 saturated heterocycles. The molecule has 0 aliphatic rings. The number of benzene rings is 2. The SMILES string of the molecule is CCn1c(NNC(=O)c2cccc(C#N)c2)nc2ccccc2c1=O. The predicted molar refractivity (Wildman–Crippen MR) is 93.9 cm³/mol. The summed E-state index contributed by atoms with van der Waals surface area (Å²) in [5.41, 5.74) is 6.29. The largest absolute Gasteiger partial charge is 0.277 e. The zero-order valence-corrected chi connectivity index (χ0v) is 13.5. The number of hydrazine groups is 1. The van der Waals surface area contributed by atoms with E-state index in [1.54, 1.807) is 42.5 Å². The van der Waals surface area contributed by atoms with E-state index >= 15 is 0 Å². The third-order valence-corrected chi connectivity index (χ3v) is 3.72. The van der Waals surface area contributed by atoms with Crippen molar-refractivity contribution in [3.05, 3.63) is 70.0 Å². The van der Waals surface area contributed by atoms with Crippen molar-refractivity contribution in [2.45, 2.75) is 13.5 Å². The van der Waals surface area contributed by atoms with E-state index in [9.17, 15) is 9.59 Å². The standard InChI is InChI=1S/C18H15N5O2/c1-2-23-17(25)14-8-3-4-9-15(14)20-18(23)22-21-16(24)13-7-5-6-12(10-13)11-19/h3-10H,2H2,1H3,(H,20,22)(H,21,24). The van der Waals surface area contributed by atoms with Gasteiger partial charge in [0.25, 0.3) is 11.5 Å². The summed E-state index contributed by atoms with van der Waals surface area (Å²) in [6.45, 7) is 2.22. The lowest BCUT2D eigenvalue weighted by molar-refractivity contribution is 0.0962. The molecule has 0 bridgehead atoms. The van der Waals surface area contributed by atoms with Crippen LogP contribution in [-0.2, 0) is 6.54 Å². The van der Waals surface area contributed by atoms with Crippen LogP contribution < -0.4 is 16.4 Å². The van der Waals surface area contributed by atoms with Crippen molar-refractivity contribution in [2.24, 2.45) is 0 Å². The summed E-state index contributed by atoms with van der Waals surface area (Å²) >= 11 is 0. The summed E-state index contributed by atoms with van der Waals surface area (Å²) in [5.74, 6) is -0.182. The van der Waals surface area contributed by atoms with Crippen LogP contribution in [0, 0.1) is 11.3 Å². The highest BCUT2D eigenvalue weighted by atomic mass is 16.2. The molecule has 2 N–H and O–H groups in total. The van der Waals surface area contributed by atoms with E-state index in [4.69, 9.17) is 5.26 Å². The molecule has 7 heteroatoms. The minimum Gasteiger partial charge on any atom is -0.277 e. The molecule has 1 aromatic heterocycles. The lowest BCUT2D eigenvalue weighted by Crippen LogP contribution is -2.34. The molecular weight excluding hydrogens is 318 g/mol. The maximum Gasteiger partial charge on any atom is 0.269 e. The molecular formula is C18H15N5O2. The molecule has 1 amide bonds. The van der Waals surface area contributed by atoms with Gasteiger partial charge in [-0.05, 0) is 37.3 Å². The second kappa shape index (κ2) is 6.84. The number of anilines is 1. The van der Waals surface area contributed by atoms with Gasteiger partial charge in [0.15, 0.2) is 0 Å². The van der Waals surface area contributed by atoms with Gasteiger partial charge in [-0.2, -0.15) is 5.26 Å². The maximum atomic E-state index is 12.5. The molecule has 0 saturated carbocycles. The Bertz CT molecular complexity index is 1050. The molecule has 0 fully saturated rings. The Kier molecular flexibility index (Phi) is 4.44. The molecule has 7 nitrogen and oxygen atoms in total. The summed E-state index contributed by atoms with van der Waals surface area (Å²) in [5, 5.41) is 9.42. The molecule has 0 spiro atoms. The fraction of sp³-hybridized carbons (Fsp3) is 0.111. The van der Waals surface area contributed by atoms with Gasteiger partial charge in [-0.3, -0.25) is 25.0 Å². The van der Waals surface area contributed by atoms with Crippen LogP contribution in [-0.4, -0.2) is 15.5 Å². The number of rotatable bonds is 4. The van der Waals surface area contributed by atoms with Gasteiger partial charge in [-0.15, -0.1) is 0 Å². The third-order valence-electron chi connectivity index (χ3n) is 3.72. The molecule has 0 atom stereocenters. The first-order valence-electron chi connectivity index (χ1n) is 7.70. The highest BCUT2D eigenvalue weighted by Crippen LogP contribution is 2.11. The topological polar surface area (TPSA) is 99.8 Å². The minimum absolute atomic E-state index is 0.184. The van der Waals surface area contributed by atoms with Gasteiger partial charge in [0, 0.05) is 12.1 Å². The number of carbonyl (C=O) groups is 1. The van der Waals surface area contributed by atoms with Crippen LogP contribution in [0.15, 0.2) is 53.3 Å². The quantitative estimate of drug-likeness (QED) is 0.712. The first kappa shape index (κ1) is 16.2. The normalized spacial score (nSPS) is 10.2. The Balaban J connectivity index is 1.89. The second-order valence-corrected chi connectivity index (χ2v) is 5.27. The monoisotopic (exact) mass is 333 g/mol. The van der Waals surface area contributed by atoms with E-state index in [1.165, 1.54) is 10.6 Å². The van der Waals surface area contributed by atoms with Crippen LogP contribution in [0.5, 0.6) is 0 Å². The van der Waals surface area contributed by atoms with E-state index in [-0.39, 0.29) is 11.5 Å². The number of hydrogen-bond acceptors (Lipinski definition) is 5. The molecule has 0 radical (unpaired) electrons. The second-order valence-electron chi connectivity index (χ2n) is 5.27. The first-order valence-corrected chi connectivity index (χ1v) is 7.70. The number of nitrogens with one attached hydrogen (secondary N) is 2. The summed E-state index contributed by atoms with van der Waals surface area (Å²) < 4.78 is 1.44. The van der Waals surface area contributed by atoms with Crippen LogP contribution in [0.1, 0.15) is 22.8 Å². The number of fused-ring (bicyclic) bond motifs is 1. The van der Waals surface area contributed by atoms with Crippen molar-refractivity contribution >= 4 is 22.8 Å². The molecule has 0 aliphatic carbocycles. The maximum absolute atomic E-state index is 12.5. The Labute approximate surface area is 143 Å². The van der Waals surface area contributed by atoms with Crippen LogP contribution in [0.3, 0.4) is 0 Å². The Morgan fingerprint density at radius 3 is 2.80 bits per heavy atom. The minimum atomic E-state index is -0.429. The average molecular weight is 333 g/mol. The first-order chi connectivity index (χ1) is 12.1. The third kappa shape index (κ3) is 3.19. The van der Waals surface area contributed by atoms with Gasteiger partial charge in [-0.25, -0.2) is 4.98 Å². The van der Waals surface area contributed by atoms with E-state index in [2.05, 4.69) is 15.8 Å². The molecule has 0 aliphatic heterocycles. The van der Waals surface area contributed by atoms with Crippen molar-refractivity contribution in [1.82, 2.24) is 15.0 Å². The lowest BCUT2D eigenvalue weighted by Gasteiger charge is -2.14. The van der Waals surface area contributed by atoms with Gasteiger partial charge in [0.05, 0.1) is 22.5 Å². The lowest BCUT2D eigenvalue weighted by atomic mass is 10.1. The summed E-state index contributed by atoms with van der Waals surface area (Å²) in [6.07, 6.45) is 0. The number of amides is 1. The zero-order valence-electron chi connectivity index (χ0n) is 13.5. The van der Waals surface area contributed by atoms with Gasteiger partial charge in [0.1, 0.15) is 0 Å². The van der Waals surface area contributed by atoms with Crippen LogP contribution in [0.25, 0.3) is 10.9 Å². The van der Waals surface area contributed by atoms with Crippen molar-refractivity contribution in [3.8, 4) is 6.07 Å². The molecule has 25 heavy (non-hydrogen) atoms. The molecule has 0 unspecified atom stereocenters. The number of para-hydroxylation sites is 1. The van der Waals surface area contributed by atoms with Gasteiger partial charge >= 0.3 is 0 Å². The highest BCUT2D eigenvalue weighted by molar-refractivity contribution is 5.95. The number of carbonyl (C=O) groups excluding carboxylic acids is 1. The Morgan fingerprint density at radius 2 is 2.04 bits per heavy atom. The zero-order chi connectivity index (χ0) is 17.8. The van der Waals surface area contributed by atoms with E-state index in [1.807, 2.05) is 13.0 Å². The Morgan fingerprint density at radius 1 is 1.24 bits per heavy atom. The predicted octanol–water partition coefficient (Wildman–Crippen LogP) is 2.04. The van der Waals surface area contributed by atoms with Crippen molar-refractivity contribution in [1.29, 1.82) is 5.26 Å². The summed E-state index contributed by atoms with van der Waals surface area (Å²) in [4.78, 5) is 29.1. The van der Waals surface area contributed by atoms with Crippen molar-refractivity contribution in [3.63, 3.8) is 0 Å².